The first kappa shape index (κ1) is 24.7. The molecule has 1 unspecified atom stereocenters. The van der Waals surface area contributed by atoms with Crippen LogP contribution in [0.1, 0.15) is 56.7 Å². The van der Waals surface area contributed by atoms with Gasteiger partial charge in [-0.25, -0.2) is 0 Å². The van der Waals surface area contributed by atoms with Gasteiger partial charge in [0, 0.05) is 41.9 Å². The molecule has 0 amide bonds. The monoisotopic (exact) mass is 481 g/mol. The molecule has 0 bridgehead atoms. The lowest BCUT2D eigenvalue weighted by Crippen LogP contribution is -2.43. The summed E-state index contributed by atoms with van der Waals surface area (Å²) >= 11 is 1.86. The molecule has 3 N–H and O–H groups in total. The number of nitrogens with zero attached hydrogens (tertiary/aromatic N) is 1. The van der Waals surface area contributed by atoms with Gasteiger partial charge in [0.2, 0.25) is 0 Å². The zero-order valence-electron chi connectivity index (χ0n) is 16.4. The van der Waals surface area contributed by atoms with Gasteiger partial charge >= 0.3 is 0 Å². The fourth-order valence-electron chi connectivity index (χ4n) is 2.89. The second kappa shape index (κ2) is 12.9. The highest BCUT2D eigenvalue weighted by atomic mass is 127. The maximum Gasteiger partial charge on any atom is 0.191 e. The van der Waals surface area contributed by atoms with Gasteiger partial charge in [-0.2, -0.15) is 0 Å². The van der Waals surface area contributed by atoms with Gasteiger partial charge in [-0.05, 0) is 57.6 Å². The summed E-state index contributed by atoms with van der Waals surface area (Å²) in [5.41, 5.74) is 0.102. The maximum absolute atomic E-state index is 9.37. The van der Waals surface area contributed by atoms with Gasteiger partial charge in [0.05, 0.1) is 0 Å². The zero-order chi connectivity index (χ0) is 18.0. The van der Waals surface area contributed by atoms with E-state index in [1.54, 1.807) is 0 Å². The van der Waals surface area contributed by atoms with Crippen LogP contribution in [0.2, 0.25) is 0 Å². The number of nitrogens with one attached hydrogen (secondary N) is 2. The highest BCUT2D eigenvalue weighted by Gasteiger charge is 2.25. The molecular weight excluding hydrogens is 445 g/mol. The van der Waals surface area contributed by atoms with Crippen molar-refractivity contribution in [2.24, 2.45) is 10.4 Å². The molecule has 25 heavy (non-hydrogen) atoms. The van der Waals surface area contributed by atoms with E-state index < -0.39 is 0 Å². The van der Waals surface area contributed by atoms with Crippen molar-refractivity contribution in [3.63, 3.8) is 0 Å². The van der Waals surface area contributed by atoms with Crippen molar-refractivity contribution in [1.29, 1.82) is 0 Å². The Bertz CT molecular complexity index is 501. The molecule has 0 aliphatic heterocycles. The van der Waals surface area contributed by atoms with Gasteiger partial charge in [-0.15, -0.1) is 35.3 Å². The van der Waals surface area contributed by atoms with E-state index in [-0.39, 0.29) is 36.0 Å². The standard InChI is InChI=1S/C19H35N3OS.HI/c1-6-19(7-2,11-12-23)14-21-18(20-8-3)22-15(4)13-17-10-9-16(5)24-17;/h9-10,15,23H,6-8,11-14H2,1-5H3,(H2,20,21,22);1H. The minimum Gasteiger partial charge on any atom is -0.396 e. The van der Waals surface area contributed by atoms with Crippen LogP contribution in [0, 0.1) is 12.3 Å². The van der Waals surface area contributed by atoms with Crippen LogP contribution >= 0.6 is 35.3 Å². The summed E-state index contributed by atoms with van der Waals surface area (Å²) in [7, 11) is 0. The molecular formula is C19H36IN3OS. The third kappa shape index (κ3) is 8.73. The lowest BCUT2D eigenvalue weighted by atomic mass is 9.79. The lowest BCUT2D eigenvalue weighted by molar-refractivity contribution is 0.175. The quantitative estimate of drug-likeness (QED) is 0.265. The molecule has 1 rings (SSSR count). The van der Waals surface area contributed by atoms with Crippen molar-refractivity contribution in [2.45, 2.75) is 66.3 Å². The Kier molecular flexibility index (Phi) is 12.7. The number of aliphatic hydroxyl groups is 1. The summed E-state index contributed by atoms with van der Waals surface area (Å²) in [5, 5.41) is 16.2. The number of thiophene rings is 1. The molecule has 0 aliphatic carbocycles. The Morgan fingerprint density at radius 3 is 2.44 bits per heavy atom. The molecule has 0 aliphatic rings. The summed E-state index contributed by atoms with van der Waals surface area (Å²) in [6, 6.07) is 4.72. The first-order chi connectivity index (χ1) is 11.5. The summed E-state index contributed by atoms with van der Waals surface area (Å²) in [6.45, 7) is 12.6. The number of hydrogen-bond donors (Lipinski definition) is 3. The smallest absolute Gasteiger partial charge is 0.191 e. The number of aryl methyl sites for hydroxylation is 1. The molecule has 0 radical (unpaired) electrons. The zero-order valence-corrected chi connectivity index (χ0v) is 19.5. The van der Waals surface area contributed by atoms with Gasteiger partial charge in [-0.3, -0.25) is 4.99 Å². The summed E-state index contributed by atoms with van der Waals surface area (Å²) < 4.78 is 0. The van der Waals surface area contributed by atoms with E-state index in [0.29, 0.717) is 6.04 Å². The van der Waals surface area contributed by atoms with Crippen LogP contribution < -0.4 is 10.6 Å². The number of hydrogen-bond acceptors (Lipinski definition) is 3. The van der Waals surface area contributed by atoms with Crippen molar-refractivity contribution in [3.05, 3.63) is 21.9 Å². The lowest BCUT2D eigenvalue weighted by Gasteiger charge is -2.30. The molecule has 146 valence electrons. The SMILES string of the molecule is CCNC(=NCC(CC)(CC)CCO)NC(C)Cc1ccc(C)s1.I. The average molecular weight is 481 g/mol. The van der Waals surface area contributed by atoms with Crippen LogP contribution in [0.5, 0.6) is 0 Å². The molecule has 0 aromatic carbocycles. The third-order valence-corrected chi connectivity index (χ3v) is 5.77. The van der Waals surface area contributed by atoms with Crippen molar-refractivity contribution >= 4 is 41.3 Å². The normalized spacial score (nSPS) is 13.3. The van der Waals surface area contributed by atoms with Crippen LogP contribution in [0.25, 0.3) is 0 Å². The number of guanidine groups is 1. The molecule has 0 saturated carbocycles. The Labute approximate surface area is 174 Å². The van der Waals surface area contributed by atoms with Crippen molar-refractivity contribution < 1.29 is 5.11 Å². The summed E-state index contributed by atoms with van der Waals surface area (Å²) in [5.74, 6) is 0.877. The van der Waals surface area contributed by atoms with E-state index in [2.05, 4.69) is 57.4 Å². The Balaban J connectivity index is 0.00000576. The summed E-state index contributed by atoms with van der Waals surface area (Å²) in [4.78, 5) is 7.58. The second-order valence-corrected chi connectivity index (χ2v) is 8.01. The fourth-order valence-corrected chi connectivity index (χ4v) is 3.91. The second-order valence-electron chi connectivity index (χ2n) is 6.64. The van der Waals surface area contributed by atoms with Crippen LogP contribution in [0.3, 0.4) is 0 Å². The first-order valence-electron chi connectivity index (χ1n) is 9.19. The highest BCUT2D eigenvalue weighted by molar-refractivity contribution is 14.0. The van der Waals surface area contributed by atoms with E-state index in [1.807, 2.05) is 11.3 Å². The number of rotatable bonds is 10. The van der Waals surface area contributed by atoms with Gasteiger partial charge in [-0.1, -0.05) is 13.8 Å². The van der Waals surface area contributed by atoms with Gasteiger partial charge in [0.1, 0.15) is 0 Å². The fraction of sp³-hybridized carbons (Fsp3) is 0.737. The largest absolute Gasteiger partial charge is 0.396 e. The third-order valence-electron chi connectivity index (χ3n) is 4.75. The topological polar surface area (TPSA) is 56.7 Å². The van der Waals surface area contributed by atoms with E-state index in [9.17, 15) is 5.11 Å². The summed E-state index contributed by atoms with van der Waals surface area (Å²) in [6.07, 6.45) is 3.90. The van der Waals surface area contributed by atoms with Gasteiger partial charge < -0.3 is 15.7 Å². The predicted octanol–water partition coefficient (Wildman–Crippen LogP) is 4.35. The van der Waals surface area contributed by atoms with Crippen LogP contribution in [-0.2, 0) is 6.42 Å². The molecule has 1 aromatic heterocycles. The predicted molar refractivity (Wildman–Crippen MR) is 121 cm³/mol. The van der Waals surface area contributed by atoms with Crippen molar-refractivity contribution in [2.75, 3.05) is 19.7 Å². The number of halogens is 1. The molecule has 6 heteroatoms. The molecule has 0 saturated heterocycles. The van der Waals surface area contributed by atoms with Crippen molar-refractivity contribution in [1.82, 2.24) is 10.6 Å². The minimum atomic E-state index is 0. The number of aliphatic imine (C=N–C) groups is 1. The highest BCUT2D eigenvalue weighted by Crippen LogP contribution is 2.30. The van der Waals surface area contributed by atoms with Crippen molar-refractivity contribution in [3.8, 4) is 0 Å². The minimum absolute atomic E-state index is 0. The van der Waals surface area contributed by atoms with Gasteiger partial charge in [0.15, 0.2) is 5.96 Å². The van der Waals surface area contributed by atoms with Crippen LogP contribution in [0.4, 0.5) is 0 Å². The van der Waals surface area contributed by atoms with E-state index in [4.69, 9.17) is 4.99 Å². The molecule has 4 nitrogen and oxygen atoms in total. The number of aliphatic hydroxyl groups excluding tert-OH is 1. The van der Waals surface area contributed by atoms with E-state index in [0.717, 1.165) is 44.7 Å². The van der Waals surface area contributed by atoms with E-state index >= 15 is 0 Å². The molecule has 1 aromatic rings. The molecule has 1 heterocycles. The van der Waals surface area contributed by atoms with Crippen LogP contribution in [0.15, 0.2) is 17.1 Å². The van der Waals surface area contributed by atoms with Gasteiger partial charge in [0.25, 0.3) is 0 Å². The molecule has 0 spiro atoms. The Hall–Kier alpha value is -0.340. The molecule has 0 fully saturated rings. The molecule has 1 atom stereocenters. The van der Waals surface area contributed by atoms with Crippen LogP contribution in [-0.4, -0.2) is 36.8 Å². The average Bonchev–Trinajstić information content (AvgIpc) is 2.96. The van der Waals surface area contributed by atoms with E-state index in [1.165, 1.54) is 9.75 Å². The maximum atomic E-state index is 9.37. The first-order valence-corrected chi connectivity index (χ1v) is 10.0. The Morgan fingerprint density at radius 1 is 1.28 bits per heavy atom. The Morgan fingerprint density at radius 2 is 1.96 bits per heavy atom.